The number of anilines is 1. The number of nitrogens with zero attached hydrogens (tertiary/aromatic N) is 2. The molecule has 0 saturated heterocycles. The molecule has 0 radical (unpaired) electrons. The third-order valence-corrected chi connectivity index (χ3v) is 10.4. The Balaban J connectivity index is 0. The summed E-state index contributed by atoms with van der Waals surface area (Å²) in [5, 5.41) is 2.66. The molecule has 0 aliphatic carbocycles. The zero-order valence-corrected chi connectivity index (χ0v) is 39.7. The van der Waals surface area contributed by atoms with Gasteiger partial charge in [-0.25, -0.2) is 0 Å². The van der Waals surface area contributed by atoms with Crippen LogP contribution in [0.25, 0.3) is 0 Å². The third kappa shape index (κ3) is 40.2. The van der Waals surface area contributed by atoms with E-state index in [1.807, 2.05) is 32.8 Å². The third-order valence-electron chi connectivity index (χ3n) is 10.4. The fourth-order valence-corrected chi connectivity index (χ4v) is 6.92. The second kappa shape index (κ2) is 44.6. The summed E-state index contributed by atoms with van der Waals surface area (Å²) in [6, 6.07) is 7.18. The average molecular weight is 832 g/mol. The highest BCUT2D eigenvalue weighted by molar-refractivity contribution is 5.88. The number of carbonyl (C=O) groups excluding carboxylic acids is 4. The van der Waals surface area contributed by atoms with Crippen LogP contribution in [0.4, 0.5) is 5.69 Å². The van der Waals surface area contributed by atoms with Crippen LogP contribution in [-0.2, 0) is 23.9 Å². The van der Waals surface area contributed by atoms with Gasteiger partial charge >= 0.3 is 5.97 Å². The summed E-state index contributed by atoms with van der Waals surface area (Å²) in [7, 11) is 5.66. The second-order valence-electron chi connectivity index (χ2n) is 16.2. The Morgan fingerprint density at radius 2 is 1.10 bits per heavy atom. The van der Waals surface area contributed by atoms with Gasteiger partial charge in [0, 0.05) is 45.0 Å². The highest BCUT2D eigenvalue weighted by Gasteiger charge is 2.16. The minimum Gasteiger partial charge on any atom is -0.497 e. The van der Waals surface area contributed by atoms with Gasteiger partial charge < -0.3 is 29.4 Å². The zero-order chi connectivity index (χ0) is 44.2. The van der Waals surface area contributed by atoms with Crippen molar-refractivity contribution in [2.45, 2.75) is 221 Å². The number of hydrogen-bond acceptors (Lipinski definition) is 7. The molecular weight excluding hydrogens is 739 g/mol. The van der Waals surface area contributed by atoms with Crippen molar-refractivity contribution in [2.75, 3.05) is 46.2 Å². The number of hydrogen-bond donors (Lipinski definition) is 1. The normalized spacial score (nSPS) is 10.7. The first-order valence-corrected chi connectivity index (χ1v) is 24.1. The fourth-order valence-electron chi connectivity index (χ4n) is 6.92. The Morgan fingerprint density at radius 1 is 0.627 bits per heavy atom. The molecule has 1 rings (SSSR count). The van der Waals surface area contributed by atoms with E-state index in [0.717, 1.165) is 82.1 Å². The number of methoxy groups -OCH3 is 1. The molecule has 0 aromatic heterocycles. The van der Waals surface area contributed by atoms with E-state index in [1.54, 1.807) is 31.4 Å². The van der Waals surface area contributed by atoms with Crippen LogP contribution in [0.5, 0.6) is 5.75 Å². The van der Waals surface area contributed by atoms with E-state index in [1.165, 1.54) is 110 Å². The molecule has 2 amide bonds. The van der Waals surface area contributed by atoms with Crippen LogP contribution in [-0.4, -0.2) is 80.8 Å². The molecule has 0 bridgehead atoms. The van der Waals surface area contributed by atoms with Crippen LogP contribution < -0.4 is 10.1 Å². The van der Waals surface area contributed by atoms with Crippen molar-refractivity contribution >= 4 is 29.8 Å². The Kier molecular flexibility index (Phi) is 44.0. The highest BCUT2D eigenvalue weighted by Crippen LogP contribution is 2.19. The summed E-state index contributed by atoms with van der Waals surface area (Å²) >= 11 is 0. The quantitative estimate of drug-likeness (QED) is 0.0404. The maximum Gasteiger partial charge on any atom is 0.306 e. The van der Waals surface area contributed by atoms with Crippen molar-refractivity contribution in [2.24, 2.45) is 0 Å². The first-order valence-electron chi connectivity index (χ1n) is 24.1. The van der Waals surface area contributed by atoms with E-state index in [-0.39, 0.29) is 23.9 Å². The summed E-state index contributed by atoms with van der Waals surface area (Å²) < 4.78 is 11.0. The SMILES string of the molecule is CC.CCCCCCCCCCCC(CCCCCCCCCCC)OC(=O)CCCCN(CCCCC=O)C(=O)CCCN(C)C.COc1ccc(NC(C)=O)cc1. The zero-order valence-electron chi connectivity index (χ0n) is 39.7. The lowest BCUT2D eigenvalue weighted by molar-refractivity contribution is -0.150. The molecule has 1 N–H and O–H groups in total. The molecule has 0 saturated carbocycles. The van der Waals surface area contributed by atoms with Gasteiger partial charge in [0.15, 0.2) is 0 Å². The molecule has 1 aromatic carbocycles. The number of aldehydes is 1. The van der Waals surface area contributed by atoms with Crippen molar-refractivity contribution in [3.63, 3.8) is 0 Å². The van der Waals surface area contributed by atoms with Crippen molar-refractivity contribution in [1.29, 1.82) is 0 Å². The van der Waals surface area contributed by atoms with Crippen LogP contribution in [0.1, 0.15) is 214 Å². The van der Waals surface area contributed by atoms with E-state index >= 15 is 0 Å². The number of esters is 1. The number of amides is 2. The van der Waals surface area contributed by atoms with Crippen molar-refractivity contribution in [3.8, 4) is 5.75 Å². The standard InChI is InChI=1S/C39H76N2O4.C9H11NO2.C2H6/c1-5-7-9-11-13-15-17-19-22-29-37(30-23-20-18-16-14-12-10-8-6-2)45-39(44)32-24-26-35-41(34-25-21-27-36-42)38(43)31-28-33-40(3)4;1-7(11)10-8-3-5-9(12-2)6-4-8;1-2/h36-37H,5-35H2,1-4H3;3-6H,1-2H3,(H,10,11);1-2H3. The number of rotatable bonds is 37. The Bertz CT molecular complexity index is 1070. The number of nitrogens with one attached hydrogen (secondary N) is 1. The van der Waals surface area contributed by atoms with Gasteiger partial charge in [-0.05, 0) is 103 Å². The number of unbranched alkanes of at least 4 members (excludes halogenated alkanes) is 19. The van der Waals surface area contributed by atoms with Gasteiger partial charge in [0.2, 0.25) is 11.8 Å². The minimum absolute atomic E-state index is 0.0548. The molecule has 0 fully saturated rings. The van der Waals surface area contributed by atoms with E-state index in [0.29, 0.717) is 32.4 Å². The lowest BCUT2D eigenvalue weighted by Gasteiger charge is -2.23. The van der Waals surface area contributed by atoms with Gasteiger partial charge in [0.25, 0.3) is 0 Å². The second-order valence-corrected chi connectivity index (χ2v) is 16.2. The van der Waals surface area contributed by atoms with E-state index in [4.69, 9.17) is 9.47 Å². The maximum absolute atomic E-state index is 12.9. The van der Waals surface area contributed by atoms with E-state index in [2.05, 4.69) is 24.1 Å². The van der Waals surface area contributed by atoms with Crippen molar-refractivity contribution < 1.29 is 28.7 Å². The molecule has 9 nitrogen and oxygen atoms in total. The van der Waals surface area contributed by atoms with Crippen LogP contribution in [0.2, 0.25) is 0 Å². The highest BCUT2D eigenvalue weighted by atomic mass is 16.5. The number of benzene rings is 1. The summed E-state index contributed by atoms with van der Waals surface area (Å²) in [5.74, 6) is 0.832. The van der Waals surface area contributed by atoms with Crippen LogP contribution >= 0.6 is 0 Å². The fraction of sp³-hybridized carbons (Fsp3) is 0.800. The molecular formula is C50H93N3O6. The van der Waals surface area contributed by atoms with Gasteiger partial charge in [0.1, 0.15) is 18.1 Å². The van der Waals surface area contributed by atoms with Crippen LogP contribution in [0.15, 0.2) is 24.3 Å². The first kappa shape index (κ1) is 58.2. The molecule has 0 spiro atoms. The predicted molar refractivity (Wildman–Crippen MR) is 250 cm³/mol. The van der Waals surface area contributed by atoms with Crippen molar-refractivity contribution in [3.05, 3.63) is 24.3 Å². The number of carbonyl (C=O) groups is 4. The van der Waals surface area contributed by atoms with Gasteiger partial charge in [-0.2, -0.15) is 0 Å². The number of ether oxygens (including phenoxy) is 2. The predicted octanol–water partition coefficient (Wildman–Crippen LogP) is 13.1. The van der Waals surface area contributed by atoms with Crippen molar-refractivity contribution in [1.82, 2.24) is 9.80 Å². The van der Waals surface area contributed by atoms with Gasteiger partial charge in [-0.1, -0.05) is 130 Å². The minimum atomic E-state index is -0.0693. The van der Waals surface area contributed by atoms with E-state index < -0.39 is 0 Å². The molecule has 9 heteroatoms. The molecule has 0 aliphatic heterocycles. The topological polar surface area (TPSA) is 105 Å². The summed E-state index contributed by atoms with van der Waals surface area (Å²) in [6.07, 6.45) is 32.2. The monoisotopic (exact) mass is 832 g/mol. The molecule has 0 atom stereocenters. The van der Waals surface area contributed by atoms with Crippen LogP contribution in [0.3, 0.4) is 0 Å². The molecule has 344 valence electrons. The summed E-state index contributed by atoms with van der Waals surface area (Å²) in [5.41, 5.74) is 0.781. The smallest absolute Gasteiger partial charge is 0.306 e. The summed E-state index contributed by atoms with van der Waals surface area (Å²) in [6.45, 7) is 12.3. The Hall–Kier alpha value is -2.94. The molecule has 0 heterocycles. The largest absolute Gasteiger partial charge is 0.497 e. The van der Waals surface area contributed by atoms with Gasteiger partial charge in [-0.3, -0.25) is 14.4 Å². The van der Waals surface area contributed by atoms with Gasteiger partial charge in [-0.15, -0.1) is 0 Å². The Morgan fingerprint density at radius 3 is 1.54 bits per heavy atom. The lowest BCUT2D eigenvalue weighted by atomic mass is 10.0. The van der Waals surface area contributed by atoms with Crippen LogP contribution in [0, 0.1) is 0 Å². The molecule has 59 heavy (non-hydrogen) atoms. The summed E-state index contributed by atoms with van der Waals surface area (Å²) in [4.78, 5) is 51.1. The average Bonchev–Trinajstić information content (AvgIpc) is 3.22. The lowest BCUT2D eigenvalue weighted by Crippen LogP contribution is -2.33. The van der Waals surface area contributed by atoms with E-state index in [9.17, 15) is 19.2 Å². The maximum atomic E-state index is 12.9. The first-order chi connectivity index (χ1) is 28.7. The Labute approximate surface area is 363 Å². The van der Waals surface area contributed by atoms with Gasteiger partial charge in [0.05, 0.1) is 7.11 Å². The molecule has 0 unspecified atom stereocenters. The molecule has 0 aliphatic rings. The molecule has 1 aromatic rings.